The molecule has 4 amide bonds. The quantitative estimate of drug-likeness (QED) is 0.0503. The number of unbranched alkanes of at least 4 members (excludes halogenated alkanes) is 1. The lowest BCUT2D eigenvalue weighted by atomic mass is 9.50. The molecule has 17 nitrogen and oxygen atoms in total. The number of hydrogen-bond donors (Lipinski definition) is 6. The summed E-state index contributed by atoms with van der Waals surface area (Å²) < 4.78 is 48.4. The van der Waals surface area contributed by atoms with Crippen molar-refractivity contribution >= 4 is 46.7 Å². The minimum Gasteiger partial charge on any atom is -0.487 e. The number of hydrogen-bond acceptors (Lipinski definition) is 11. The summed E-state index contributed by atoms with van der Waals surface area (Å²) in [4.78, 5) is 57.7. The molecule has 4 aliphatic rings. The monoisotopic (exact) mass is 963 g/mol. The first kappa shape index (κ1) is 52.7. The van der Waals surface area contributed by atoms with Gasteiger partial charge in [0, 0.05) is 50.1 Å². The summed E-state index contributed by atoms with van der Waals surface area (Å²) in [5.74, 6) is 0.267. The molecule has 0 bridgehead atoms. The van der Waals surface area contributed by atoms with Gasteiger partial charge in [0.2, 0.25) is 23.7 Å². The van der Waals surface area contributed by atoms with E-state index in [0.717, 1.165) is 41.7 Å². The van der Waals surface area contributed by atoms with Crippen molar-refractivity contribution in [2.45, 2.75) is 168 Å². The van der Waals surface area contributed by atoms with Gasteiger partial charge >= 0.3 is 7.12 Å². The molecule has 6 rings (SSSR count). The number of nitrogens with one attached hydrogen (secondary N) is 4. The molecular formula is C49H75BN8O9S. The SMILES string of the molecule is Cc1c(C)c(S(=O)(=O)NC(N)=NCCC[C@H](N)C(=O)NCCCCC(=O)NCc2ccc(C(=O)NCC(=O)N3CCCC3B3OC(C)C(C)([C@H]4CC(C)C4(C)C)O3)cc2)c(C)c2c1OC(C)(C)C2. The van der Waals surface area contributed by atoms with Crippen LogP contribution >= 0.6 is 0 Å². The zero-order valence-electron chi connectivity index (χ0n) is 41.8. The van der Waals surface area contributed by atoms with Crippen molar-refractivity contribution in [3.05, 3.63) is 57.6 Å². The number of nitrogens with two attached hydrogens (primary N) is 2. The Balaban J connectivity index is 0.828. The summed E-state index contributed by atoms with van der Waals surface area (Å²) in [7, 11) is -4.53. The maximum Gasteiger partial charge on any atom is 0.481 e. The molecule has 68 heavy (non-hydrogen) atoms. The second-order valence-electron chi connectivity index (χ2n) is 20.8. The highest BCUT2D eigenvalue weighted by Gasteiger charge is 2.62. The van der Waals surface area contributed by atoms with Crippen molar-refractivity contribution in [1.82, 2.24) is 25.6 Å². The van der Waals surface area contributed by atoms with Crippen LogP contribution in [0, 0.1) is 38.0 Å². The van der Waals surface area contributed by atoms with E-state index in [0.29, 0.717) is 73.7 Å². The zero-order chi connectivity index (χ0) is 49.9. The number of carbonyl (C=O) groups excluding carboxylic acids is 4. The number of carbonyl (C=O) groups is 4. The highest BCUT2D eigenvalue weighted by Crippen LogP contribution is 2.59. The third-order valence-electron chi connectivity index (χ3n) is 15.2. The average molecular weight is 963 g/mol. The zero-order valence-corrected chi connectivity index (χ0v) is 42.6. The van der Waals surface area contributed by atoms with E-state index < -0.39 is 34.4 Å². The van der Waals surface area contributed by atoms with Gasteiger partial charge in [-0.05, 0) is 145 Å². The fourth-order valence-corrected chi connectivity index (χ4v) is 12.0. The van der Waals surface area contributed by atoms with Gasteiger partial charge in [-0.25, -0.2) is 13.1 Å². The number of likely N-dealkylation sites (tertiary alicyclic amines) is 1. The van der Waals surface area contributed by atoms with E-state index in [1.54, 1.807) is 43.0 Å². The Kier molecular flexibility index (Phi) is 16.3. The Morgan fingerprint density at radius 3 is 2.34 bits per heavy atom. The molecule has 3 heterocycles. The van der Waals surface area contributed by atoms with Gasteiger partial charge < -0.3 is 46.4 Å². The van der Waals surface area contributed by atoms with E-state index >= 15 is 0 Å². The first-order valence-electron chi connectivity index (χ1n) is 24.3. The van der Waals surface area contributed by atoms with Crippen LogP contribution in [0.3, 0.4) is 0 Å². The minimum absolute atomic E-state index is 0.0951. The van der Waals surface area contributed by atoms with Gasteiger partial charge in [0.05, 0.1) is 35.1 Å². The van der Waals surface area contributed by atoms with E-state index in [4.69, 9.17) is 25.5 Å². The summed E-state index contributed by atoms with van der Waals surface area (Å²) in [5.41, 5.74) is 15.5. The number of benzene rings is 2. The Hall–Kier alpha value is -4.72. The Bertz CT molecular complexity index is 2360. The lowest BCUT2D eigenvalue weighted by Gasteiger charge is -2.58. The van der Waals surface area contributed by atoms with Crippen LogP contribution in [0.1, 0.15) is 138 Å². The number of ether oxygens (including phenoxy) is 1. The summed E-state index contributed by atoms with van der Waals surface area (Å²) in [6.07, 6.45) is 5.32. The average Bonchev–Trinajstić information content (AvgIpc) is 3.99. The summed E-state index contributed by atoms with van der Waals surface area (Å²) in [6, 6.07) is 6.08. The van der Waals surface area contributed by atoms with E-state index in [9.17, 15) is 27.6 Å². The van der Waals surface area contributed by atoms with Crippen molar-refractivity contribution in [3.63, 3.8) is 0 Å². The predicted molar refractivity (Wildman–Crippen MR) is 262 cm³/mol. The molecule has 2 aromatic carbocycles. The largest absolute Gasteiger partial charge is 0.487 e. The van der Waals surface area contributed by atoms with E-state index in [1.807, 2.05) is 20.8 Å². The molecule has 6 atom stereocenters. The molecule has 0 spiro atoms. The lowest BCUT2D eigenvalue weighted by Crippen LogP contribution is -2.58. The number of amides is 4. The topological polar surface area (TPSA) is 246 Å². The van der Waals surface area contributed by atoms with Crippen LogP contribution < -0.4 is 36.9 Å². The second kappa shape index (κ2) is 21.1. The van der Waals surface area contributed by atoms with E-state index in [1.165, 1.54) is 0 Å². The second-order valence-corrected chi connectivity index (χ2v) is 22.5. The first-order valence-corrected chi connectivity index (χ1v) is 25.8. The van der Waals surface area contributed by atoms with Gasteiger partial charge in [0.25, 0.3) is 15.9 Å². The number of guanidine groups is 1. The molecule has 3 aliphatic heterocycles. The van der Waals surface area contributed by atoms with Crippen molar-refractivity contribution in [2.24, 2.45) is 33.7 Å². The predicted octanol–water partition coefficient (Wildman–Crippen LogP) is 4.25. The van der Waals surface area contributed by atoms with Gasteiger partial charge in [-0.15, -0.1) is 0 Å². The molecule has 2 saturated heterocycles. The molecule has 8 N–H and O–H groups in total. The van der Waals surface area contributed by atoms with Crippen LogP contribution in [0.4, 0.5) is 0 Å². The maximum absolute atomic E-state index is 13.4. The number of sulfonamides is 1. The Morgan fingerprint density at radius 1 is 0.956 bits per heavy atom. The van der Waals surface area contributed by atoms with Crippen LogP contribution in [0.25, 0.3) is 0 Å². The third kappa shape index (κ3) is 11.6. The molecule has 0 radical (unpaired) electrons. The molecule has 0 aromatic heterocycles. The number of nitrogens with zero attached hydrogens (tertiary/aromatic N) is 2. The standard InChI is InChI=1S/C49H75BN8O9S/c1-29-25-38(48(29,8)9)49(10)33(5)66-50(67-49)39-16-14-24-58(39)41(60)28-56-44(61)35-20-18-34(19-21-35)27-55-40(59)17-11-12-22-53-45(62)37(51)15-13-23-54-46(52)57-68(63,64)43-31(3)30(2)42-36(32(43)4)26-47(6,7)65-42/h18-21,29,33,37-39H,11-17,22-28,51H2,1-10H3,(H,53,62)(H,55,59)(H,56,61)(H3,52,54,57)/t29?,33?,37-,38-,39?,49?/m0/s1. The van der Waals surface area contributed by atoms with Crippen LogP contribution in [-0.4, -0.2) is 105 Å². The van der Waals surface area contributed by atoms with Gasteiger partial charge in [-0.2, -0.15) is 0 Å². The molecular weight excluding hydrogens is 887 g/mol. The molecule has 1 saturated carbocycles. The summed E-state index contributed by atoms with van der Waals surface area (Å²) >= 11 is 0. The van der Waals surface area contributed by atoms with Crippen LogP contribution in [-0.2, 0) is 46.7 Å². The maximum atomic E-state index is 13.4. The third-order valence-corrected chi connectivity index (χ3v) is 16.9. The number of fused-ring (bicyclic) bond motifs is 1. The van der Waals surface area contributed by atoms with Crippen LogP contribution in [0.2, 0.25) is 0 Å². The van der Waals surface area contributed by atoms with Crippen molar-refractivity contribution in [1.29, 1.82) is 0 Å². The highest BCUT2D eigenvalue weighted by atomic mass is 32.2. The van der Waals surface area contributed by atoms with Gasteiger partial charge in [0.15, 0.2) is 0 Å². The molecule has 19 heteroatoms. The summed E-state index contributed by atoms with van der Waals surface area (Å²) in [6.45, 7) is 21.7. The highest BCUT2D eigenvalue weighted by molar-refractivity contribution is 7.90. The van der Waals surface area contributed by atoms with Gasteiger partial charge in [0.1, 0.15) is 11.4 Å². The molecule has 374 valence electrons. The van der Waals surface area contributed by atoms with Gasteiger partial charge in [-0.1, -0.05) is 32.9 Å². The first-order chi connectivity index (χ1) is 31.9. The number of aliphatic imine (C=N–C) groups is 1. The molecule has 1 aliphatic carbocycles. The van der Waals surface area contributed by atoms with Gasteiger partial charge in [-0.3, -0.25) is 24.2 Å². The fourth-order valence-electron chi connectivity index (χ4n) is 10.4. The molecule has 3 fully saturated rings. The van der Waals surface area contributed by atoms with E-state index in [2.05, 4.69) is 60.3 Å². The van der Waals surface area contributed by atoms with Crippen molar-refractivity contribution in [3.8, 4) is 5.75 Å². The lowest BCUT2D eigenvalue weighted by molar-refractivity contribution is -0.138. The smallest absolute Gasteiger partial charge is 0.481 e. The van der Waals surface area contributed by atoms with E-state index in [-0.39, 0.29) is 78.0 Å². The Morgan fingerprint density at radius 2 is 1.66 bits per heavy atom. The fraction of sp³-hybridized carbons (Fsp3) is 0.653. The summed E-state index contributed by atoms with van der Waals surface area (Å²) in [5, 5.41) is 8.46. The van der Waals surface area contributed by atoms with Crippen LogP contribution in [0.15, 0.2) is 34.2 Å². The normalized spacial score (nSPS) is 24.4. The number of rotatable bonds is 19. The Labute approximate surface area is 403 Å². The molecule has 4 unspecified atom stereocenters. The van der Waals surface area contributed by atoms with Crippen LogP contribution in [0.5, 0.6) is 5.75 Å². The minimum atomic E-state index is -4.03. The van der Waals surface area contributed by atoms with Crippen molar-refractivity contribution in [2.75, 3.05) is 26.2 Å². The van der Waals surface area contributed by atoms with Crippen molar-refractivity contribution < 1.29 is 41.6 Å². The molecule has 2 aromatic rings.